The van der Waals surface area contributed by atoms with E-state index in [9.17, 15) is 19.0 Å². The van der Waals surface area contributed by atoms with Crippen LogP contribution in [0.3, 0.4) is 0 Å². The first kappa shape index (κ1) is 71.2. The predicted octanol–water partition coefficient (Wildman–Crippen LogP) is 19.1. The highest BCUT2D eigenvalue weighted by Crippen LogP contribution is 2.43. The zero-order chi connectivity index (χ0) is 53.6. The van der Waals surface area contributed by atoms with Gasteiger partial charge in [-0.05, 0) is 83.1 Å². The van der Waals surface area contributed by atoms with Crippen LogP contribution in [0.15, 0.2) is 36.5 Å². The number of phosphoric ester groups is 1. The lowest BCUT2D eigenvalue weighted by atomic mass is 10.0. The Labute approximate surface area is 453 Å². The number of unbranched alkanes of at least 4 members (excludes halogenated alkanes) is 37. The maximum absolute atomic E-state index is 13.5. The Morgan fingerprint density at radius 3 is 1.18 bits per heavy atom. The zero-order valence-electron chi connectivity index (χ0n) is 49.1. The van der Waals surface area contributed by atoms with Gasteiger partial charge in [-0.25, -0.2) is 4.57 Å². The number of nitrogens with zero attached hydrogens (tertiary/aromatic N) is 1. The lowest BCUT2D eigenvalue weighted by molar-refractivity contribution is -0.870. The van der Waals surface area contributed by atoms with Crippen LogP contribution in [0.25, 0.3) is 0 Å². The second-order valence-corrected chi connectivity index (χ2v) is 24.0. The van der Waals surface area contributed by atoms with Crippen LogP contribution in [0, 0.1) is 0 Å². The lowest BCUT2D eigenvalue weighted by Crippen LogP contribution is -2.47. The molecule has 10 heteroatoms. The van der Waals surface area contributed by atoms with Crippen molar-refractivity contribution < 1.29 is 37.3 Å². The molecule has 1 amide bonds. The summed E-state index contributed by atoms with van der Waals surface area (Å²) in [6.45, 7) is 7.02. The Balaban J connectivity index is 5.16. The molecule has 0 spiro atoms. The number of phosphoric acid groups is 1. The monoisotopic (exact) mass is 1050 g/mol. The molecule has 0 heterocycles. The number of amides is 1. The summed E-state index contributed by atoms with van der Waals surface area (Å²) in [6, 6.07) is -0.847. The summed E-state index contributed by atoms with van der Waals surface area (Å²) in [5.74, 6) is -0.501. The Morgan fingerprint density at radius 2 is 0.795 bits per heavy atom. The fourth-order valence-corrected chi connectivity index (χ4v) is 9.90. The molecule has 0 saturated heterocycles. The summed E-state index contributed by atoms with van der Waals surface area (Å²) in [5, 5.41) is 3.05. The highest BCUT2D eigenvalue weighted by atomic mass is 31.2. The Bertz CT molecular complexity index is 1350. The van der Waals surface area contributed by atoms with Gasteiger partial charge < -0.3 is 19.4 Å². The van der Waals surface area contributed by atoms with Crippen molar-refractivity contribution >= 4 is 19.7 Å². The Morgan fingerprint density at radius 1 is 0.466 bits per heavy atom. The molecule has 3 unspecified atom stereocenters. The molecule has 430 valence electrons. The van der Waals surface area contributed by atoms with Crippen LogP contribution in [-0.2, 0) is 27.9 Å². The standard InChI is InChI=1S/C63H121N2O7P/c1-7-10-13-16-19-22-25-27-29-30-31-32-33-34-36-38-41-44-47-50-53-56-63(67)72-61(54-51-48-45-42-39-24-21-18-15-12-9-3)60(59-71-73(68,69)70-58-57-65(4,5)6)64-62(66)55-52-49-46-43-40-37-35-28-26-23-20-17-14-11-8-2/h23,26-27,29,51,54,60-61H,7-22,24-25,28,30-50,52-53,55-59H2,1-6H3,(H-,64,66,68,69)/p+1/b26-23-,29-27+,54-51-. The van der Waals surface area contributed by atoms with Crippen molar-refractivity contribution in [1.82, 2.24) is 5.32 Å². The summed E-state index contributed by atoms with van der Waals surface area (Å²) in [6.07, 6.45) is 64.2. The molecule has 0 rings (SSSR count). The summed E-state index contributed by atoms with van der Waals surface area (Å²) in [7, 11) is 1.50. The van der Waals surface area contributed by atoms with Gasteiger partial charge in [-0.1, -0.05) is 244 Å². The Kier molecular flexibility index (Phi) is 52.3. The molecular weight excluding hydrogens is 928 g/mol. The van der Waals surface area contributed by atoms with Crippen molar-refractivity contribution in [2.75, 3.05) is 40.9 Å². The molecule has 3 atom stereocenters. The molecule has 0 aromatic carbocycles. The minimum Gasteiger partial charge on any atom is -0.456 e. The summed E-state index contributed by atoms with van der Waals surface area (Å²) < 4.78 is 30.7. The molecular formula is C63H122N2O7P+. The topological polar surface area (TPSA) is 111 Å². The Hall–Kier alpha value is -1.77. The van der Waals surface area contributed by atoms with Crippen LogP contribution in [0.4, 0.5) is 0 Å². The summed E-state index contributed by atoms with van der Waals surface area (Å²) >= 11 is 0. The molecule has 0 aromatic rings. The van der Waals surface area contributed by atoms with E-state index in [2.05, 4.69) is 50.4 Å². The van der Waals surface area contributed by atoms with Crippen molar-refractivity contribution in [3.8, 4) is 0 Å². The number of quaternary nitrogens is 1. The van der Waals surface area contributed by atoms with Gasteiger partial charge in [0.25, 0.3) is 0 Å². The van der Waals surface area contributed by atoms with Crippen LogP contribution in [0.2, 0.25) is 0 Å². The predicted molar refractivity (Wildman–Crippen MR) is 314 cm³/mol. The number of hydrogen-bond acceptors (Lipinski definition) is 6. The molecule has 73 heavy (non-hydrogen) atoms. The second kappa shape index (κ2) is 53.6. The molecule has 0 aromatic heterocycles. The number of allylic oxidation sites excluding steroid dienone is 5. The van der Waals surface area contributed by atoms with Gasteiger partial charge in [-0.15, -0.1) is 0 Å². The van der Waals surface area contributed by atoms with E-state index in [-0.39, 0.29) is 25.1 Å². The number of carbonyl (C=O) groups is 2. The fraction of sp³-hybridized carbons (Fsp3) is 0.873. The molecule has 9 nitrogen and oxygen atoms in total. The van der Waals surface area contributed by atoms with E-state index in [1.165, 1.54) is 205 Å². The minimum absolute atomic E-state index is 0.0410. The van der Waals surface area contributed by atoms with Gasteiger partial charge >= 0.3 is 13.8 Å². The van der Waals surface area contributed by atoms with E-state index in [1.54, 1.807) is 0 Å². The second-order valence-electron chi connectivity index (χ2n) is 22.6. The molecule has 0 saturated carbocycles. The van der Waals surface area contributed by atoms with E-state index < -0.39 is 20.0 Å². The van der Waals surface area contributed by atoms with Crippen LogP contribution < -0.4 is 5.32 Å². The van der Waals surface area contributed by atoms with Gasteiger partial charge in [0.2, 0.25) is 5.91 Å². The minimum atomic E-state index is -4.44. The van der Waals surface area contributed by atoms with Gasteiger partial charge in [0, 0.05) is 12.8 Å². The van der Waals surface area contributed by atoms with Gasteiger partial charge in [0.05, 0.1) is 33.8 Å². The third-order valence-electron chi connectivity index (χ3n) is 14.1. The van der Waals surface area contributed by atoms with Gasteiger partial charge in [0.1, 0.15) is 19.3 Å². The van der Waals surface area contributed by atoms with E-state index in [0.717, 1.165) is 64.2 Å². The first-order valence-corrected chi connectivity index (χ1v) is 32.8. The molecule has 0 aliphatic heterocycles. The highest BCUT2D eigenvalue weighted by molar-refractivity contribution is 7.47. The average molecular weight is 1050 g/mol. The number of carbonyl (C=O) groups excluding carboxylic acids is 2. The van der Waals surface area contributed by atoms with E-state index >= 15 is 0 Å². The summed E-state index contributed by atoms with van der Waals surface area (Å²) in [4.78, 5) is 37.7. The highest BCUT2D eigenvalue weighted by Gasteiger charge is 2.30. The van der Waals surface area contributed by atoms with Crippen molar-refractivity contribution in [2.24, 2.45) is 0 Å². The molecule has 0 fully saturated rings. The van der Waals surface area contributed by atoms with Crippen LogP contribution in [-0.4, -0.2) is 74.3 Å². The maximum Gasteiger partial charge on any atom is 0.472 e. The van der Waals surface area contributed by atoms with Crippen LogP contribution >= 0.6 is 7.82 Å². The van der Waals surface area contributed by atoms with Crippen LogP contribution in [0.1, 0.15) is 303 Å². The van der Waals surface area contributed by atoms with E-state index in [0.29, 0.717) is 23.9 Å². The number of esters is 1. The van der Waals surface area contributed by atoms with Crippen molar-refractivity contribution in [3.05, 3.63) is 36.5 Å². The number of nitrogens with one attached hydrogen (secondary N) is 1. The van der Waals surface area contributed by atoms with Gasteiger partial charge in [0.15, 0.2) is 0 Å². The SMILES string of the molecule is CCCCCC/C=C\CCCCCCCCCC(=O)NC(COP(=O)(O)OCC[N+](C)(C)C)C(/C=C\CCCCCCCCCCC)OC(=O)CCCCCCCCCCCCC/C=C/CCCCCCCC. The maximum atomic E-state index is 13.5. The number of likely N-dealkylation sites (N-methyl/N-ethyl adjacent to an activating group) is 1. The largest absolute Gasteiger partial charge is 0.472 e. The fourth-order valence-electron chi connectivity index (χ4n) is 9.17. The van der Waals surface area contributed by atoms with E-state index in [4.69, 9.17) is 13.8 Å². The smallest absolute Gasteiger partial charge is 0.456 e. The lowest BCUT2D eigenvalue weighted by Gasteiger charge is -2.27. The zero-order valence-corrected chi connectivity index (χ0v) is 50.0. The number of ether oxygens (including phenoxy) is 1. The van der Waals surface area contributed by atoms with E-state index in [1.807, 2.05) is 33.3 Å². The molecule has 0 radical (unpaired) electrons. The van der Waals surface area contributed by atoms with Crippen molar-refractivity contribution in [3.63, 3.8) is 0 Å². The van der Waals surface area contributed by atoms with Crippen molar-refractivity contribution in [1.29, 1.82) is 0 Å². The molecule has 0 aliphatic carbocycles. The third kappa shape index (κ3) is 54.8. The number of rotatable bonds is 57. The molecule has 2 N–H and O–H groups in total. The third-order valence-corrected chi connectivity index (χ3v) is 15.0. The van der Waals surface area contributed by atoms with Crippen molar-refractivity contribution in [2.45, 2.75) is 315 Å². The normalized spacial score (nSPS) is 13.9. The molecule has 0 bridgehead atoms. The quantitative estimate of drug-likeness (QED) is 0.0205. The average Bonchev–Trinajstić information content (AvgIpc) is 3.35. The van der Waals surface area contributed by atoms with Gasteiger partial charge in [-0.2, -0.15) is 0 Å². The first-order chi connectivity index (χ1) is 35.4. The van der Waals surface area contributed by atoms with Crippen LogP contribution in [0.5, 0.6) is 0 Å². The summed E-state index contributed by atoms with van der Waals surface area (Å²) in [5.41, 5.74) is 0. The first-order valence-electron chi connectivity index (χ1n) is 31.3. The van der Waals surface area contributed by atoms with Gasteiger partial charge in [-0.3, -0.25) is 18.6 Å². The number of hydrogen-bond donors (Lipinski definition) is 2. The molecule has 0 aliphatic rings.